The average Bonchev–Trinajstić information content (AvgIpc) is 2.41. The van der Waals surface area contributed by atoms with Gasteiger partial charge in [0.1, 0.15) is 6.04 Å². The Labute approximate surface area is 121 Å². The van der Waals surface area contributed by atoms with Crippen molar-refractivity contribution in [3.63, 3.8) is 0 Å². The molecule has 20 heavy (non-hydrogen) atoms. The maximum Gasteiger partial charge on any atom is 0.243 e. The molecule has 1 aromatic rings. The van der Waals surface area contributed by atoms with Crippen LogP contribution in [0.4, 0.5) is 0 Å². The second-order valence-electron chi connectivity index (χ2n) is 6.05. The van der Waals surface area contributed by atoms with E-state index in [1.165, 1.54) is 6.42 Å². The third-order valence-electron chi connectivity index (χ3n) is 4.57. The summed E-state index contributed by atoms with van der Waals surface area (Å²) in [5.74, 6) is -0.00988. The molecule has 0 aromatic heterocycles. The molecule has 1 saturated carbocycles. The van der Waals surface area contributed by atoms with Crippen molar-refractivity contribution in [3.8, 4) is 0 Å². The van der Waals surface area contributed by atoms with E-state index in [0.717, 1.165) is 24.9 Å². The number of rotatable bonds is 5. The number of hydrogen-bond donors (Lipinski definition) is 1. The molecule has 0 radical (unpaired) electrons. The highest BCUT2D eigenvalue weighted by Crippen LogP contribution is 2.36. The predicted octanol–water partition coefficient (Wildman–Crippen LogP) is 1.63. The van der Waals surface area contributed by atoms with Gasteiger partial charge >= 0.3 is 0 Å². The van der Waals surface area contributed by atoms with Crippen LogP contribution in [0.3, 0.4) is 0 Å². The second kappa shape index (κ2) is 5.94. The van der Waals surface area contributed by atoms with Crippen molar-refractivity contribution in [1.29, 1.82) is 0 Å². The lowest BCUT2D eigenvalue weighted by atomic mass is 9.75. The maximum atomic E-state index is 12.5. The second-order valence-corrected chi connectivity index (χ2v) is 6.05. The molecule has 1 aliphatic rings. The molecule has 1 aromatic carbocycles. The molecule has 2 N–H and O–H groups in total. The van der Waals surface area contributed by atoms with Crippen LogP contribution < -0.4 is 5.73 Å². The van der Waals surface area contributed by atoms with Gasteiger partial charge in [0.15, 0.2) is 0 Å². The molecule has 4 nitrogen and oxygen atoms in total. The van der Waals surface area contributed by atoms with Gasteiger partial charge in [-0.15, -0.1) is 0 Å². The SMILES string of the molecule is CN(CC1(N(C)C)CCC1)C(=O)[C@@H](N)c1ccccc1. The van der Waals surface area contributed by atoms with E-state index in [1.54, 1.807) is 4.90 Å². The lowest BCUT2D eigenvalue weighted by Gasteiger charge is -2.49. The first-order valence-corrected chi connectivity index (χ1v) is 7.19. The first-order chi connectivity index (χ1) is 9.46. The van der Waals surface area contributed by atoms with Gasteiger partial charge < -0.3 is 15.5 Å². The zero-order valence-electron chi connectivity index (χ0n) is 12.7. The van der Waals surface area contributed by atoms with Crippen LogP contribution >= 0.6 is 0 Å². The van der Waals surface area contributed by atoms with Crippen LogP contribution in [0, 0.1) is 0 Å². The van der Waals surface area contributed by atoms with E-state index in [4.69, 9.17) is 5.73 Å². The Morgan fingerprint density at radius 3 is 2.30 bits per heavy atom. The van der Waals surface area contributed by atoms with Crippen molar-refractivity contribution in [2.24, 2.45) is 5.73 Å². The summed E-state index contributed by atoms with van der Waals surface area (Å²) in [6.07, 6.45) is 3.54. The quantitative estimate of drug-likeness (QED) is 0.888. The fourth-order valence-electron chi connectivity index (χ4n) is 2.89. The Morgan fingerprint density at radius 2 is 1.85 bits per heavy atom. The van der Waals surface area contributed by atoms with Gasteiger partial charge in [0.2, 0.25) is 5.91 Å². The summed E-state index contributed by atoms with van der Waals surface area (Å²) < 4.78 is 0. The Balaban J connectivity index is 2.02. The van der Waals surface area contributed by atoms with Crippen LogP contribution in [0.2, 0.25) is 0 Å². The molecule has 0 heterocycles. The van der Waals surface area contributed by atoms with E-state index in [9.17, 15) is 4.79 Å². The molecule has 0 aliphatic heterocycles. The van der Waals surface area contributed by atoms with Crippen molar-refractivity contribution in [1.82, 2.24) is 9.80 Å². The molecule has 1 fully saturated rings. The summed E-state index contributed by atoms with van der Waals surface area (Å²) in [4.78, 5) is 16.5. The summed E-state index contributed by atoms with van der Waals surface area (Å²) >= 11 is 0. The molecule has 0 bridgehead atoms. The van der Waals surface area contributed by atoms with Crippen molar-refractivity contribution in [3.05, 3.63) is 35.9 Å². The topological polar surface area (TPSA) is 49.6 Å². The highest BCUT2D eigenvalue weighted by Gasteiger charge is 2.41. The number of carbonyl (C=O) groups excluding carboxylic acids is 1. The van der Waals surface area contributed by atoms with Gasteiger partial charge in [-0.25, -0.2) is 0 Å². The van der Waals surface area contributed by atoms with Crippen LogP contribution in [0.1, 0.15) is 30.9 Å². The Kier molecular flexibility index (Phi) is 4.45. The lowest BCUT2D eigenvalue weighted by Crippen LogP contribution is -2.58. The van der Waals surface area contributed by atoms with E-state index in [-0.39, 0.29) is 11.4 Å². The molecule has 0 spiro atoms. The molecule has 2 rings (SSSR count). The van der Waals surface area contributed by atoms with Crippen LogP contribution in [0.25, 0.3) is 0 Å². The van der Waals surface area contributed by atoms with Crippen molar-refractivity contribution in [2.75, 3.05) is 27.7 Å². The van der Waals surface area contributed by atoms with Gasteiger partial charge in [-0.2, -0.15) is 0 Å². The number of benzene rings is 1. The average molecular weight is 275 g/mol. The normalized spacial score (nSPS) is 18.4. The van der Waals surface area contributed by atoms with Gasteiger partial charge in [0.05, 0.1) is 0 Å². The molecule has 1 amide bonds. The third kappa shape index (κ3) is 2.86. The molecule has 1 atom stereocenters. The summed E-state index contributed by atoms with van der Waals surface area (Å²) in [5.41, 5.74) is 7.10. The van der Waals surface area contributed by atoms with Crippen molar-refractivity contribution in [2.45, 2.75) is 30.8 Å². The number of hydrogen-bond acceptors (Lipinski definition) is 3. The molecule has 4 heteroatoms. The van der Waals surface area contributed by atoms with E-state index in [0.29, 0.717) is 0 Å². The summed E-state index contributed by atoms with van der Waals surface area (Å²) in [6.45, 7) is 0.749. The molecule has 110 valence electrons. The Morgan fingerprint density at radius 1 is 1.25 bits per heavy atom. The number of nitrogens with zero attached hydrogens (tertiary/aromatic N) is 2. The van der Waals surface area contributed by atoms with Gasteiger partial charge in [-0.05, 0) is 38.9 Å². The lowest BCUT2D eigenvalue weighted by molar-refractivity contribution is -0.134. The largest absolute Gasteiger partial charge is 0.342 e. The summed E-state index contributed by atoms with van der Waals surface area (Å²) in [7, 11) is 6.04. The van der Waals surface area contributed by atoms with Crippen LogP contribution in [-0.2, 0) is 4.79 Å². The van der Waals surface area contributed by atoms with E-state index < -0.39 is 6.04 Å². The van der Waals surface area contributed by atoms with Crippen LogP contribution in [0.15, 0.2) is 30.3 Å². The number of amides is 1. The molecule has 0 saturated heterocycles. The third-order valence-corrected chi connectivity index (χ3v) is 4.57. The fraction of sp³-hybridized carbons (Fsp3) is 0.562. The number of likely N-dealkylation sites (N-methyl/N-ethyl adjacent to an activating group) is 2. The number of nitrogens with two attached hydrogens (primary N) is 1. The minimum Gasteiger partial charge on any atom is -0.342 e. The maximum absolute atomic E-state index is 12.5. The highest BCUT2D eigenvalue weighted by atomic mass is 16.2. The zero-order valence-corrected chi connectivity index (χ0v) is 12.7. The van der Waals surface area contributed by atoms with Crippen LogP contribution in [0.5, 0.6) is 0 Å². The molecule has 1 aliphatic carbocycles. The number of carbonyl (C=O) groups is 1. The smallest absolute Gasteiger partial charge is 0.243 e. The fourth-order valence-corrected chi connectivity index (χ4v) is 2.89. The molecule has 0 unspecified atom stereocenters. The van der Waals surface area contributed by atoms with E-state index in [2.05, 4.69) is 19.0 Å². The summed E-state index contributed by atoms with van der Waals surface area (Å²) in [5, 5.41) is 0. The van der Waals surface area contributed by atoms with Crippen molar-refractivity contribution < 1.29 is 4.79 Å². The highest BCUT2D eigenvalue weighted by molar-refractivity contribution is 5.82. The molecular weight excluding hydrogens is 250 g/mol. The predicted molar refractivity (Wildman–Crippen MR) is 81.3 cm³/mol. The molecular formula is C16H25N3O. The van der Waals surface area contributed by atoms with Gasteiger partial charge in [0, 0.05) is 19.1 Å². The first-order valence-electron chi connectivity index (χ1n) is 7.19. The van der Waals surface area contributed by atoms with Gasteiger partial charge in [-0.3, -0.25) is 4.79 Å². The summed E-state index contributed by atoms with van der Waals surface area (Å²) in [6, 6.07) is 8.99. The van der Waals surface area contributed by atoms with Gasteiger partial charge in [-0.1, -0.05) is 30.3 Å². The zero-order chi connectivity index (χ0) is 14.8. The minimum atomic E-state index is -0.569. The van der Waals surface area contributed by atoms with Crippen molar-refractivity contribution >= 4 is 5.91 Å². The van der Waals surface area contributed by atoms with E-state index >= 15 is 0 Å². The standard InChI is InChI=1S/C16H25N3O/c1-18(2)16(10-7-11-16)12-19(3)15(20)14(17)13-8-5-4-6-9-13/h4-6,8-9,14H,7,10-12,17H2,1-3H3/t14-/m0/s1. The Hall–Kier alpha value is -1.39. The Bertz CT molecular complexity index is 454. The monoisotopic (exact) mass is 275 g/mol. The van der Waals surface area contributed by atoms with Gasteiger partial charge in [0.25, 0.3) is 0 Å². The first kappa shape index (κ1) is 15.0. The van der Waals surface area contributed by atoms with E-state index in [1.807, 2.05) is 37.4 Å². The minimum absolute atomic E-state index is 0.00988. The van der Waals surface area contributed by atoms with Crippen LogP contribution in [-0.4, -0.2) is 48.9 Å².